The molecule has 0 saturated carbocycles. The molecule has 1 fully saturated rings. The lowest BCUT2D eigenvalue weighted by Crippen LogP contribution is -2.57. The predicted molar refractivity (Wildman–Crippen MR) is 101 cm³/mol. The van der Waals surface area contributed by atoms with Crippen molar-refractivity contribution < 1.29 is 39.5 Å². The van der Waals surface area contributed by atoms with Crippen molar-refractivity contribution >= 4 is 11.9 Å². The molecule has 0 amide bonds. The summed E-state index contributed by atoms with van der Waals surface area (Å²) in [6, 6.07) is 0. The van der Waals surface area contributed by atoms with Crippen LogP contribution in [0.25, 0.3) is 0 Å². The van der Waals surface area contributed by atoms with Crippen molar-refractivity contribution in [2.75, 3.05) is 0 Å². The average Bonchev–Trinajstić information content (AvgIpc) is 2.66. The van der Waals surface area contributed by atoms with Gasteiger partial charge in [0.05, 0.1) is 24.2 Å². The Morgan fingerprint density at radius 1 is 1.29 bits per heavy atom. The van der Waals surface area contributed by atoms with E-state index in [0.29, 0.717) is 6.42 Å². The van der Waals surface area contributed by atoms with E-state index in [1.807, 2.05) is 6.92 Å². The number of aliphatic hydroxyl groups is 4. The summed E-state index contributed by atoms with van der Waals surface area (Å²) in [5.41, 5.74) is -2.02. The molecule has 1 unspecified atom stereocenters. The molecule has 0 aromatic heterocycles. The highest BCUT2D eigenvalue weighted by Gasteiger charge is 2.50. The number of esters is 2. The Morgan fingerprint density at radius 3 is 2.46 bits per heavy atom. The van der Waals surface area contributed by atoms with Crippen molar-refractivity contribution in [3.63, 3.8) is 0 Å². The molecule has 162 valence electrons. The van der Waals surface area contributed by atoms with Crippen molar-refractivity contribution in [1.29, 1.82) is 0 Å². The van der Waals surface area contributed by atoms with Crippen molar-refractivity contribution in [1.82, 2.24) is 0 Å². The van der Waals surface area contributed by atoms with Crippen LogP contribution in [0, 0.1) is 11.8 Å². The molecule has 0 bridgehead atoms. The molecule has 0 radical (unpaired) electrons. The Morgan fingerprint density at radius 2 is 1.89 bits per heavy atom. The van der Waals surface area contributed by atoms with Gasteiger partial charge < -0.3 is 29.9 Å². The molecule has 1 aliphatic heterocycles. The number of hydrogen-bond acceptors (Lipinski definition) is 8. The molecule has 0 aromatic carbocycles. The fourth-order valence-electron chi connectivity index (χ4n) is 3.38. The first-order chi connectivity index (χ1) is 12.9. The maximum Gasteiger partial charge on any atom is 0.330 e. The number of cyclic esters (lactones) is 1. The van der Waals surface area contributed by atoms with Gasteiger partial charge in [-0.3, -0.25) is 4.79 Å². The van der Waals surface area contributed by atoms with Crippen LogP contribution < -0.4 is 0 Å². The molecule has 8 atom stereocenters. The van der Waals surface area contributed by atoms with Crippen LogP contribution in [0.1, 0.15) is 53.9 Å². The van der Waals surface area contributed by atoms with E-state index in [1.54, 1.807) is 0 Å². The highest BCUT2D eigenvalue weighted by atomic mass is 16.6. The van der Waals surface area contributed by atoms with Crippen molar-refractivity contribution in [2.24, 2.45) is 11.8 Å². The van der Waals surface area contributed by atoms with Gasteiger partial charge in [0.1, 0.15) is 17.8 Å². The van der Waals surface area contributed by atoms with Gasteiger partial charge in [-0.15, -0.1) is 0 Å². The lowest BCUT2D eigenvalue weighted by Gasteiger charge is -2.39. The molecule has 0 aliphatic carbocycles. The van der Waals surface area contributed by atoms with E-state index < -0.39 is 59.9 Å². The minimum Gasteiger partial charge on any atom is -0.458 e. The molecule has 8 heteroatoms. The lowest BCUT2D eigenvalue weighted by atomic mass is 9.78. The summed E-state index contributed by atoms with van der Waals surface area (Å²) in [4.78, 5) is 24.4. The summed E-state index contributed by atoms with van der Waals surface area (Å²) in [7, 11) is 0. The van der Waals surface area contributed by atoms with Crippen molar-refractivity contribution in [3.8, 4) is 0 Å². The van der Waals surface area contributed by atoms with Gasteiger partial charge in [0.2, 0.25) is 0 Å². The summed E-state index contributed by atoms with van der Waals surface area (Å²) in [5.74, 6) is -3.47. The Bertz CT molecular complexity index is 558. The standard InChI is InChI=1S/C20H34O8/c1-6-7-8-14(21)9-10-15(22)28-16-11(2)17(23)20(5,26)18(24)12(3)19(25)27-13(16)4/h9-14,16-18,21,23-24,26H,6-8H2,1-5H3/b10-9+/t11-,12-,13+,14?,16-,17+,18-,20-/m1/s1. The van der Waals surface area contributed by atoms with Crippen LogP contribution in [-0.4, -0.2) is 68.5 Å². The Labute approximate surface area is 166 Å². The molecule has 4 N–H and O–H groups in total. The van der Waals surface area contributed by atoms with Gasteiger partial charge in [-0.05, 0) is 33.3 Å². The minimum atomic E-state index is -2.02. The topological polar surface area (TPSA) is 134 Å². The van der Waals surface area contributed by atoms with Crippen molar-refractivity contribution in [3.05, 3.63) is 12.2 Å². The third-order valence-corrected chi connectivity index (χ3v) is 5.38. The van der Waals surface area contributed by atoms with E-state index in [1.165, 1.54) is 33.8 Å². The first-order valence-electron chi connectivity index (χ1n) is 9.79. The molecule has 1 aliphatic rings. The third-order valence-electron chi connectivity index (χ3n) is 5.38. The predicted octanol–water partition coefficient (Wildman–Crippen LogP) is 0.696. The fraction of sp³-hybridized carbons (Fsp3) is 0.800. The second kappa shape index (κ2) is 10.3. The highest BCUT2D eigenvalue weighted by Crippen LogP contribution is 2.32. The first kappa shape index (κ1) is 24.6. The summed E-state index contributed by atoms with van der Waals surface area (Å²) in [5, 5.41) is 41.3. The second-order valence-corrected chi connectivity index (χ2v) is 7.88. The Balaban J connectivity index is 3.00. The van der Waals surface area contributed by atoms with Crippen LogP contribution in [0.2, 0.25) is 0 Å². The van der Waals surface area contributed by atoms with Crippen LogP contribution in [0.15, 0.2) is 12.2 Å². The number of ether oxygens (including phenoxy) is 2. The van der Waals surface area contributed by atoms with Crippen LogP contribution in [0.5, 0.6) is 0 Å². The van der Waals surface area contributed by atoms with E-state index >= 15 is 0 Å². The van der Waals surface area contributed by atoms with E-state index in [-0.39, 0.29) is 0 Å². The lowest BCUT2D eigenvalue weighted by molar-refractivity contribution is -0.180. The zero-order valence-corrected chi connectivity index (χ0v) is 17.2. The van der Waals surface area contributed by atoms with Crippen LogP contribution in [-0.2, 0) is 19.1 Å². The summed E-state index contributed by atoms with van der Waals surface area (Å²) < 4.78 is 10.7. The summed E-state index contributed by atoms with van der Waals surface area (Å²) in [6.45, 7) is 7.64. The molecule has 0 aromatic rings. The van der Waals surface area contributed by atoms with Gasteiger partial charge >= 0.3 is 11.9 Å². The van der Waals surface area contributed by atoms with Gasteiger partial charge in [-0.25, -0.2) is 4.79 Å². The highest BCUT2D eigenvalue weighted by molar-refractivity contribution is 5.82. The molecule has 1 saturated heterocycles. The quantitative estimate of drug-likeness (QED) is 0.377. The first-order valence-corrected chi connectivity index (χ1v) is 9.79. The zero-order chi connectivity index (χ0) is 21.6. The molecule has 8 nitrogen and oxygen atoms in total. The third kappa shape index (κ3) is 6.01. The maximum absolute atomic E-state index is 12.2. The number of unbranched alkanes of at least 4 members (excludes halogenated alkanes) is 1. The Hall–Kier alpha value is -1.48. The van der Waals surface area contributed by atoms with E-state index in [2.05, 4.69) is 0 Å². The molecule has 1 heterocycles. The SMILES string of the molecule is CCCCC(O)/C=C/C(=O)O[C@@H]1[C@@H](C)[C@H](O)[C@@](C)(O)[C@H](O)[C@@H](C)C(=O)O[C@H]1C. The number of hydrogen-bond donors (Lipinski definition) is 4. The Kier molecular flexibility index (Phi) is 9.07. The molecular weight excluding hydrogens is 368 g/mol. The number of aliphatic hydroxyl groups excluding tert-OH is 3. The van der Waals surface area contributed by atoms with Crippen LogP contribution >= 0.6 is 0 Å². The van der Waals surface area contributed by atoms with Gasteiger partial charge in [-0.2, -0.15) is 0 Å². The van der Waals surface area contributed by atoms with E-state index in [9.17, 15) is 30.0 Å². The maximum atomic E-state index is 12.2. The normalized spacial score (nSPS) is 38.2. The minimum absolute atomic E-state index is 0.519. The second-order valence-electron chi connectivity index (χ2n) is 7.88. The number of carbonyl (C=O) groups is 2. The molecule has 1 rings (SSSR count). The zero-order valence-electron chi connectivity index (χ0n) is 17.2. The molecular formula is C20H34O8. The molecule has 28 heavy (non-hydrogen) atoms. The summed E-state index contributed by atoms with van der Waals surface area (Å²) in [6.07, 6.45) is -1.13. The monoisotopic (exact) mass is 402 g/mol. The van der Waals surface area contributed by atoms with E-state index in [0.717, 1.165) is 18.9 Å². The van der Waals surface area contributed by atoms with Gasteiger partial charge in [0, 0.05) is 12.0 Å². The smallest absolute Gasteiger partial charge is 0.330 e. The van der Waals surface area contributed by atoms with E-state index in [4.69, 9.17) is 9.47 Å². The number of rotatable bonds is 6. The van der Waals surface area contributed by atoms with Crippen LogP contribution in [0.4, 0.5) is 0 Å². The van der Waals surface area contributed by atoms with Gasteiger partial charge in [-0.1, -0.05) is 26.7 Å². The van der Waals surface area contributed by atoms with Gasteiger partial charge in [0.25, 0.3) is 0 Å². The van der Waals surface area contributed by atoms with Crippen molar-refractivity contribution in [2.45, 2.75) is 90.0 Å². The fourth-order valence-corrected chi connectivity index (χ4v) is 3.38. The van der Waals surface area contributed by atoms with Gasteiger partial charge in [0.15, 0.2) is 0 Å². The summed E-state index contributed by atoms with van der Waals surface area (Å²) >= 11 is 0. The van der Waals surface area contributed by atoms with Crippen LogP contribution in [0.3, 0.4) is 0 Å². The largest absolute Gasteiger partial charge is 0.458 e. The molecule has 0 spiro atoms. The number of carbonyl (C=O) groups excluding carboxylic acids is 2. The average molecular weight is 402 g/mol.